The number of nitrogens with zero attached hydrogens (tertiary/aromatic N) is 1. The zero-order valence-electron chi connectivity index (χ0n) is 14.7. The van der Waals surface area contributed by atoms with E-state index in [0.29, 0.717) is 6.42 Å². The van der Waals surface area contributed by atoms with Crippen LogP contribution in [-0.2, 0) is 17.8 Å². The first-order chi connectivity index (χ1) is 11.8. The summed E-state index contributed by atoms with van der Waals surface area (Å²) in [5.41, 5.74) is 2.69. The number of hydrogen-bond acceptors (Lipinski definition) is 1. The van der Waals surface area contributed by atoms with E-state index < -0.39 is 0 Å². The van der Waals surface area contributed by atoms with Crippen molar-refractivity contribution in [2.75, 3.05) is 6.54 Å². The molecule has 0 fully saturated rings. The molecule has 3 nitrogen and oxygen atoms in total. The summed E-state index contributed by atoms with van der Waals surface area (Å²) in [5, 5.41) is 4.43. The Balaban J connectivity index is 1.71. The first-order valence-corrected chi connectivity index (χ1v) is 9.68. The van der Waals surface area contributed by atoms with Crippen LogP contribution < -0.4 is 5.32 Å². The van der Waals surface area contributed by atoms with Crippen LogP contribution in [0.2, 0.25) is 0 Å². The summed E-state index contributed by atoms with van der Waals surface area (Å²) in [6, 6.07) is 8.66. The molecule has 1 aromatic heterocycles. The van der Waals surface area contributed by atoms with Crippen LogP contribution in [0.25, 0.3) is 10.9 Å². The van der Waals surface area contributed by atoms with Gasteiger partial charge in [0.05, 0.1) is 0 Å². The number of fused-ring (bicyclic) bond motifs is 5. The molecule has 0 spiro atoms. The topological polar surface area (TPSA) is 34.0 Å². The summed E-state index contributed by atoms with van der Waals surface area (Å²) in [6.07, 6.45) is 14.0. The number of nitrogens with one attached hydrogen (secondary N) is 1. The minimum absolute atomic E-state index is 0.211. The number of aryl methyl sites for hydroxylation is 1. The van der Waals surface area contributed by atoms with E-state index in [9.17, 15) is 4.79 Å². The molecule has 2 bridgehead atoms. The zero-order chi connectivity index (χ0) is 16.6. The number of aromatic nitrogens is 1. The van der Waals surface area contributed by atoms with E-state index in [2.05, 4.69) is 40.3 Å². The Bertz CT molecular complexity index is 659. The molecule has 0 unspecified atom stereocenters. The molecule has 1 aromatic carbocycles. The Morgan fingerprint density at radius 1 is 0.833 bits per heavy atom. The maximum absolute atomic E-state index is 11.9. The van der Waals surface area contributed by atoms with E-state index in [-0.39, 0.29) is 5.91 Å². The molecule has 0 saturated carbocycles. The highest BCUT2D eigenvalue weighted by Crippen LogP contribution is 2.22. The minimum atomic E-state index is 0.211. The van der Waals surface area contributed by atoms with Crippen molar-refractivity contribution in [3.63, 3.8) is 0 Å². The summed E-state index contributed by atoms with van der Waals surface area (Å²) in [5.74, 6) is 0.211. The smallest absolute Gasteiger partial charge is 0.220 e. The van der Waals surface area contributed by atoms with Crippen LogP contribution in [0, 0.1) is 0 Å². The van der Waals surface area contributed by atoms with Crippen LogP contribution in [-0.4, -0.2) is 17.0 Å². The summed E-state index contributed by atoms with van der Waals surface area (Å²) in [7, 11) is 0. The van der Waals surface area contributed by atoms with E-state index in [1.165, 1.54) is 61.4 Å². The van der Waals surface area contributed by atoms with Crippen molar-refractivity contribution in [3.05, 3.63) is 36.0 Å². The molecule has 0 saturated heterocycles. The fourth-order valence-electron chi connectivity index (χ4n) is 3.76. The van der Waals surface area contributed by atoms with Gasteiger partial charge in [-0.05, 0) is 30.9 Å². The third-order valence-electron chi connectivity index (χ3n) is 5.14. The highest BCUT2D eigenvalue weighted by Gasteiger charge is 2.09. The molecule has 1 aliphatic heterocycles. The molecule has 0 atom stereocenters. The average molecular weight is 326 g/mol. The van der Waals surface area contributed by atoms with Crippen LogP contribution in [0.15, 0.2) is 30.5 Å². The Morgan fingerprint density at radius 2 is 1.54 bits per heavy atom. The van der Waals surface area contributed by atoms with Crippen LogP contribution in [0.1, 0.15) is 63.4 Å². The second-order valence-electron chi connectivity index (χ2n) is 7.04. The fraction of sp³-hybridized carbons (Fsp3) is 0.571. The Morgan fingerprint density at radius 3 is 2.38 bits per heavy atom. The molecule has 24 heavy (non-hydrogen) atoms. The fourth-order valence-corrected chi connectivity index (χ4v) is 3.76. The van der Waals surface area contributed by atoms with Gasteiger partial charge in [-0.15, -0.1) is 0 Å². The van der Waals surface area contributed by atoms with Crippen molar-refractivity contribution in [2.24, 2.45) is 0 Å². The van der Waals surface area contributed by atoms with Crippen molar-refractivity contribution in [2.45, 2.75) is 70.8 Å². The lowest BCUT2D eigenvalue weighted by Gasteiger charge is -2.06. The van der Waals surface area contributed by atoms with Gasteiger partial charge < -0.3 is 9.88 Å². The molecule has 2 heterocycles. The average Bonchev–Trinajstić information content (AvgIpc) is 2.94. The molecule has 2 aromatic rings. The molecule has 3 heteroatoms. The van der Waals surface area contributed by atoms with E-state index in [0.717, 1.165) is 25.9 Å². The van der Waals surface area contributed by atoms with Gasteiger partial charge in [0.25, 0.3) is 0 Å². The van der Waals surface area contributed by atoms with Crippen LogP contribution in [0.3, 0.4) is 0 Å². The number of benzene rings is 1. The first kappa shape index (κ1) is 17.1. The third kappa shape index (κ3) is 4.62. The maximum atomic E-state index is 11.9. The lowest BCUT2D eigenvalue weighted by Crippen LogP contribution is -2.25. The number of carbonyl (C=O) groups is 1. The van der Waals surface area contributed by atoms with Gasteiger partial charge in [0.15, 0.2) is 0 Å². The summed E-state index contributed by atoms with van der Waals surface area (Å²) >= 11 is 0. The third-order valence-corrected chi connectivity index (χ3v) is 5.14. The molecule has 1 aliphatic rings. The first-order valence-electron chi connectivity index (χ1n) is 9.68. The van der Waals surface area contributed by atoms with Gasteiger partial charge >= 0.3 is 0 Å². The second kappa shape index (κ2) is 8.91. The normalized spacial score (nSPS) is 18.9. The molecular formula is C21H30N2O. The van der Waals surface area contributed by atoms with E-state index in [4.69, 9.17) is 0 Å². The van der Waals surface area contributed by atoms with Gasteiger partial charge in [0, 0.05) is 36.6 Å². The highest BCUT2D eigenvalue weighted by atomic mass is 16.1. The van der Waals surface area contributed by atoms with E-state index in [1.807, 2.05) is 0 Å². The number of rotatable bonds is 0. The maximum Gasteiger partial charge on any atom is 0.220 e. The van der Waals surface area contributed by atoms with E-state index >= 15 is 0 Å². The van der Waals surface area contributed by atoms with Gasteiger partial charge in [-0.3, -0.25) is 4.79 Å². The van der Waals surface area contributed by atoms with Crippen LogP contribution in [0.5, 0.6) is 0 Å². The predicted molar refractivity (Wildman–Crippen MR) is 100 cm³/mol. The van der Waals surface area contributed by atoms with Crippen molar-refractivity contribution in [1.29, 1.82) is 0 Å². The highest BCUT2D eigenvalue weighted by molar-refractivity contribution is 5.84. The lowest BCUT2D eigenvalue weighted by atomic mass is 10.1. The molecule has 0 aliphatic carbocycles. The molecular weight excluding hydrogens is 296 g/mol. The Kier molecular flexibility index (Phi) is 6.33. The van der Waals surface area contributed by atoms with Crippen molar-refractivity contribution < 1.29 is 4.79 Å². The Labute approximate surface area is 145 Å². The quantitative estimate of drug-likeness (QED) is 0.739. The second-order valence-corrected chi connectivity index (χ2v) is 7.04. The molecule has 0 radical (unpaired) electrons. The summed E-state index contributed by atoms with van der Waals surface area (Å²) in [6.45, 7) is 1.85. The molecule has 3 rings (SSSR count). The summed E-state index contributed by atoms with van der Waals surface area (Å²) < 4.78 is 2.41. The molecule has 1 amide bonds. The van der Waals surface area contributed by atoms with Gasteiger partial charge in [-0.2, -0.15) is 0 Å². The molecule has 1 N–H and O–H groups in total. The van der Waals surface area contributed by atoms with Crippen LogP contribution in [0.4, 0.5) is 0 Å². The molecule has 130 valence electrons. The SMILES string of the molecule is O=C1CCCCCCCCCCn2cc(c3ccccc32)CCN1. The van der Waals surface area contributed by atoms with Crippen molar-refractivity contribution in [3.8, 4) is 0 Å². The van der Waals surface area contributed by atoms with E-state index in [1.54, 1.807) is 0 Å². The monoisotopic (exact) mass is 326 g/mol. The largest absolute Gasteiger partial charge is 0.356 e. The standard InChI is InChI=1S/C21H30N2O/c24-21-13-7-5-3-1-2-4-6-10-16-23-17-18(14-15-22-21)19-11-8-9-12-20(19)23/h8-9,11-12,17H,1-7,10,13-16H2,(H,22,24). The number of amides is 1. The minimum Gasteiger partial charge on any atom is -0.356 e. The zero-order valence-corrected chi connectivity index (χ0v) is 14.7. The van der Waals surface area contributed by atoms with Gasteiger partial charge in [-0.1, -0.05) is 56.7 Å². The summed E-state index contributed by atoms with van der Waals surface area (Å²) in [4.78, 5) is 11.9. The van der Waals surface area contributed by atoms with Gasteiger partial charge in [-0.25, -0.2) is 0 Å². The predicted octanol–water partition coefficient (Wildman–Crippen LogP) is 4.82. The Hall–Kier alpha value is -1.77. The number of hydrogen-bond donors (Lipinski definition) is 1. The van der Waals surface area contributed by atoms with Gasteiger partial charge in [0.1, 0.15) is 0 Å². The van der Waals surface area contributed by atoms with Crippen molar-refractivity contribution >= 4 is 16.8 Å². The van der Waals surface area contributed by atoms with Crippen LogP contribution >= 0.6 is 0 Å². The number of carbonyl (C=O) groups excluding carboxylic acids is 1. The van der Waals surface area contributed by atoms with Crippen molar-refractivity contribution in [1.82, 2.24) is 9.88 Å². The lowest BCUT2D eigenvalue weighted by molar-refractivity contribution is -0.121. The number of para-hydroxylation sites is 1. The van der Waals surface area contributed by atoms with Gasteiger partial charge in [0.2, 0.25) is 5.91 Å².